The van der Waals surface area contributed by atoms with E-state index in [1.54, 1.807) is 6.07 Å². The summed E-state index contributed by atoms with van der Waals surface area (Å²) >= 11 is 12.1. The Morgan fingerprint density at radius 2 is 1.72 bits per heavy atom. The van der Waals surface area contributed by atoms with Crippen molar-refractivity contribution in [2.75, 3.05) is 6.54 Å². The van der Waals surface area contributed by atoms with Crippen molar-refractivity contribution in [2.24, 2.45) is 11.3 Å². The van der Waals surface area contributed by atoms with Crippen molar-refractivity contribution in [2.45, 2.75) is 84.0 Å². The van der Waals surface area contributed by atoms with E-state index in [0.717, 1.165) is 12.8 Å². The Kier molecular flexibility index (Phi) is 10.2. The van der Waals surface area contributed by atoms with Gasteiger partial charge in [0.05, 0.1) is 11.1 Å². The van der Waals surface area contributed by atoms with E-state index in [0.29, 0.717) is 18.0 Å². The second-order valence-corrected chi connectivity index (χ2v) is 12.2. The fraction of sp³-hybridized carbons (Fsp3) is 0.593. The lowest BCUT2D eigenvalue weighted by Gasteiger charge is -2.29. The summed E-state index contributed by atoms with van der Waals surface area (Å²) in [5.41, 5.74) is -0.382. The minimum atomic E-state index is -1.22. The third-order valence-corrected chi connectivity index (χ3v) is 7.00. The van der Waals surface area contributed by atoms with Gasteiger partial charge >= 0.3 is 0 Å². The van der Waals surface area contributed by atoms with Crippen LogP contribution in [-0.2, 0) is 24.0 Å². The van der Waals surface area contributed by atoms with Gasteiger partial charge in [-0.15, -0.1) is 0 Å². The largest absolute Gasteiger partial charge is 0.479 e. The lowest BCUT2D eigenvalue weighted by Crippen LogP contribution is -2.56. The SMILES string of the molecule is C[C@H](Oc1ccc(Cl)cc1Cl)C(=O)N[C@@H](CC(C)(C)C)C(=O)NC(C[C@@H]1CCNC1=O)C(=O)C(=O)NC1CC1. The molecule has 2 fully saturated rings. The topological polar surface area (TPSA) is 143 Å². The molecule has 1 heterocycles. The molecular formula is C27H36Cl2N4O6. The summed E-state index contributed by atoms with van der Waals surface area (Å²) in [4.78, 5) is 64.3. The van der Waals surface area contributed by atoms with E-state index in [2.05, 4.69) is 21.3 Å². The maximum Gasteiger partial charge on any atom is 0.289 e. The molecule has 0 bridgehead atoms. The smallest absolute Gasteiger partial charge is 0.289 e. The Morgan fingerprint density at radius 1 is 1.05 bits per heavy atom. The van der Waals surface area contributed by atoms with Gasteiger partial charge in [0, 0.05) is 23.5 Å². The number of nitrogens with one attached hydrogen (secondary N) is 4. The molecule has 0 radical (unpaired) electrons. The molecule has 4 N–H and O–H groups in total. The number of hydrogen-bond donors (Lipinski definition) is 4. The summed E-state index contributed by atoms with van der Waals surface area (Å²) in [7, 11) is 0. The summed E-state index contributed by atoms with van der Waals surface area (Å²) in [5.74, 6) is -3.30. The number of amides is 4. The number of benzene rings is 1. The number of carbonyl (C=O) groups excluding carboxylic acids is 5. The van der Waals surface area contributed by atoms with Crippen molar-refractivity contribution in [3.05, 3.63) is 28.2 Å². The zero-order valence-electron chi connectivity index (χ0n) is 22.6. The van der Waals surface area contributed by atoms with Crippen molar-refractivity contribution < 1.29 is 28.7 Å². The lowest BCUT2D eigenvalue weighted by atomic mass is 9.87. The average molecular weight is 584 g/mol. The van der Waals surface area contributed by atoms with Crippen LogP contribution >= 0.6 is 23.2 Å². The highest BCUT2D eigenvalue weighted by atomic mass is 35.5. The van der Waals surface area contributed by atoms with Gasteiger partial charge in [-0.25, -0.2) is 0 Å². The Labute approximate surface area is 238 Å². The molecule has 1 aliphatic heterocycles. The van der Waals surface area contributed by atoms with Crippen molar-refractivity contribution >= 4 is 52.6 Å². The van der Waals surface area contributed by atoms with E-state index < -0.39 is 47.6 Å². The van der Waals surface area contributed by atoms with Gasteiger partial charge in [0.15, 0.2) is 6.10 Å². The number of Topliss-reactive ketones (excluding diaryl/α,β-unsaturated/α-hetero) is 1. The Morgan fingerprint density at radius 3 is 2.28 bits per heavy atom. The van der Waals surface area contributed by atoms with Gasteiger partial charge in [0.1, 0.15) is 11.8 Å². The molecule has 39 heavy (non-hydrogen) atoms. The Balaban J connectivity index is 1.73. The second kappa shape index (κ2) is 13.0. The molecule has 4 atom stereocenters. The normalized spacial score (nSPS) is 19.3. The van der Waals surface area contributed by atoms with Crippen molar-refractivity contribution in [3.63, 3.8) is 0 Å². The molecule has 1 aliphatic carbocycles. The second-order valence-electron chi connectivity index (χ2n) is 11.3. The number of rotatable bonds is 12. The van der Waals surface area contributed by atoms with E-state index in [9.17, 15) is 24.0 Å². The average Bonchev–Trinajstić information content (AvgIpc) is 3.57. The van der Waals surface area contributed by atoms with Crippen LogP contribution < -0.4 is 26.0 Å². The van der Waals surface area contributed by atoms with E-state index in [1.807, 2.05) is 20.8 Å². The van der Waals surface area contributed by atoms with Gasteiger partial charge in [-0.2, -0.15) is 0 Å². The molecule has 0 aromatic heterocycles. The summed E-state index contributed by atoms with van der Waals surface area (Å²) in [5, 5.41) is 11.3. The monoisotopic (exact) mass is 582 g/mol. The highest BCUT2D eigenvalue weighted by molar-refractivity contribution is 6.38. The minimum Gasteiger partial charge on any atom is -0.479 e. The van der Waals surface area contributed by atoms with E-state index in [-0.39, 0.29) is 41.0 Å². The molecule has 12 heteroatoms. The van der Waals surface area contributed by atoms with Crippen LogP contribution in [-0.4, -0.2) is 60.2 Å². The molecule has 2 aliphatic rings. The summed E-state index contributed by atoms with van der Waals surface area (Å²) in [6.07, 6.45) is 1.29. The number of ketones is 1. The van der Waals surface area contributed by atoms with Crippen molar-refractivity contribution in [3.8, 4) is 5.75 Å². The van der Waals surface area contributed by atoms with Gasteiger partial charge in [-0.3, -0.25) is 24.0 Å². The molecule has 1 saturated heterocycles. The van der Waals surface area contributed by atoms with Crippen molar-refractivity contribution in [1.82, 2.24) is 21.3 Å². The molecule has 1 aromatic rings. The molecule has 10 nitrogen and oxygen atoms in total. The number of carbonyl (C=O) groups is 5. The highest BCUT2D eigenvalue weighted by Gasteiger charge is 2.38. The third-order valence-electron chi connectivity index (χ3n) is 6.47. The number of ether oxygens (including phenoxy) is 1. The fourth-order valence-corrected chi connectivity index (χ4v) is 4.68. The Hall–Kier alpha value is -2.85. The van der Waals surface area contributed by atoms with Crippen LogP contribution in [0.3, 0.4) is 0 Å². The first-order valence-corrected chi connectivity index (χ1v) is 13.8. The highest BCUT2D eigenvalue weighted by Crippen LogP contribution is 2.28. The maximum absolute atomic E-state index is 13.5. The molecule has 0 spiro atoms. The van der Waals surface area contributed by atoms with Crippen LogP contribution in [0.2, 0.25) is 10.0 Å². The zero-order chi connectivity index (χ0) is 28.9. The van der Waals surface area contributed by atoms with Crippen LogP contribution in [0.5, 0.6) is 5.75 Å². The fourth-order valence-electron chi connectivity index (χ4n) is 4.23. The first kappa shape index (κ1) is 30.7. The first-order chi connectivity index (χ1) is 18.2. The number of halogens is 2. The minimum absolute atomic E-state index is 0.0146. The van der Waals surface area contributed by atoms with E-state index >= 15 is 0 Å². The molecular weight excluding hydrogens is 547 g/mol. The molecule has 1 unspecified atom stereocenters. The van der Waals surface area contributed by atoms with Gasteiger partial charge < -0.3 is 26.0 Å². The van der Waals surface area contributed by atoms with Gasteiger partial charge in [0.25, 0.3) is 11.8 Å². The van der Waals surface area contributed by atoms with Crippen LogP contribution in [0.15, 0.2) is 18.2 Å². The van der Waals surface area contributed by atoms with Gasteiger partial charge in [-0.1, -0.05) is 44.0 Å². The first-order valence-electron chi connectivity index (χ1n) is 13.1. The molecule has 1 saturated carbocycles. The molecule has 4 amide bonds. The summed E-state index contributed by atoms with van der Waals surface area (Å²) < 4.78 is 5.68. The van der Waals surface area contributed by atoms with Crippen LogP contribution in [0.25, 0.3) is 0 Å². The van der Waals surface area contributed by atoms with E-state index in [1.165, 1.54) is 19.1 Å². The summed E-state index contributed by atoms with van der Waals surface area (Å²) in [6.45, 7) is 7.69. The van der Waals surface area contributed by atoms with E-state index in [4.69, 9.17) is 27.9 Å². The van der Waals surface area contributed by atoms with Gasteiger partial charge in [-0.05, 0) is 62.6 Å². The zero-order valence-corrected chi connectivity index (χ0v) is 24.1. The quantitative estimate of drug-likeness (QED) is 0.279. The maximum atomic E-state index is 13.5. The predicted octanol–water partition coefficient (Wildman–Crippen LogP) is 2.54. The van der Waals surface area contributed by atoms with Gasteiger partial charge in [0.2, 0.25) is 17.6 Å². The number of hydrogen-bond acceptors (Lipinski definition) is 6. The molecule has 1 aromatic carbocycles. The van der Waals surface area contributed by atoms with Crippen LogP contribution in [0.1, 0.15) is 59.8 Å². The van der Waals surface area contributed by atoms with Crippen molar-refractivity contribution in [1.29, 1.82) is 0 Å². The Bertz CT molecular complexity index is 1120. The molecule has 3 rings (SSSR count). The molecule has 214 valence electrons. The third kappa shape index (κ3) is 9.39. The standard InChI is InChI=1S/C27H36Cl2N4O6/c1-14(39-21-8-5-16(28)12-18(21)29)23(35)33-20(13-27(2,3)4)25(37)32-19(11-15-9-10-30-24(15)36)22(34)26(38)31-17-6-7-17/h5,8,12,14-15,17,19-20H,6-7,9-11,13H2,1-4H3,(H,30,36)(H,31,38)(H,32,37)(H,33,35)/t14-,15-,19?,20-/m0/s1. The summed E-state index contributed by atoms with van der Waals surface area (Å²) in [6, 6.07) is 2.30. The predicted molar refractivity (Wildman–Crippen MR) is 146 cm³/mol. The van der Waals surface area contributed by atoms with Crippen LogP contribution in [0.4, 0.5) is 0 Å². The van der Waals surface area contributed by atoms with Crippen LogP contribution in [0, 0.1) is 11.3 Å². The lowest BCUT2D eigenvalue weighted by molar-refractivity contribution is -0.141.